The summed E-state index contributed by atoms with van der Waals surface area (Å²) in [5.74, 6) is 5.19. The van der Waals surface area contributed by atoms with Gasteiger partial charge in [-0.25, -0.2) is 5.90 Å². The van der Waals surface area contributed by atoms with Gasteiger partial charge in [0.15, 0.2) is 0 Å². The third-order valence-corrected chi connectivity index (χ3v) is 4.08. The lowest BCUT2D eigenvalue weighted by molar-refractivity contribution is 0.0514. The Hall–Kier alpha value is -0.910. The lowest BCUT2D eigenvalue weighted by atomic mass is 9.98. The number of halogens is 1. The van der Waals surface area contributed by atoms with E-state index in [-0.39, 0.29) is 11.9 Å². The molecule has 1 aliphatic rings. The van der Waals surface area contributed by atoms with Crippen molar-refractivity contribution in [3.05, 3.63) is 34.3 Å². The number of carbonyl (C=O) groups is 1. The van der Waals surface area contributed by atoms with Crippen LogP contribution in [-0.2, 0) is 4.84 Å². The quantitative estimate of drug-likeness (QED) is 0.865. The summed E-state index contributed by atoms with van der Waals surface area (Å²) in [7, 11) is 0. The van der Waals surface area contributed by atoms with Gasteiger partial charge in [-0.05, 0) is 49.9 Å². The zero-order valence-electron chi connectivity index (χ0n) is 10.8. The SMILES string of the molecule is NOCCC1CCCCN1C(=O)c1ccc(Br)cc1. The number of hydrogen-bond donors (Lipinski definition) is 1. The number of carbonyl (C=O) groups excluding carboxylic acids is 1. The van der Waals surface area contributed by atoms with Crippen molar-refractivity contribution in [1.29, 1.82) is 0 Å². The van der Waals surface area contributed by atoms with Crippen molar-refractivity contribution < 1.29 is 9.63 Å². The van der Waals surface area contributed by atoms with E-state index in [0.29, 0.717) is 6.61 Å². The lowest BCUT2D eigenvalue weighted by Gasteiger charge is -2.35. The molecule has 1 aromatic carbocycles. The van der Waals surface area contributed by atoms with E-state index in [4.69, 9.17) is 5.90 Å². The minimum atomic E-state index is 0.106. The number of benzene rings is 1. The van der Waals surface area contributed by atoms with E-state index in [1.807, 2.05) is 29.2 Å². The van der Waals surface area contributed by atoms with Gasteiger partial charge in [0.1, 0.15) is 0 Å². The smallest absolute Gasteiger partial charge is 0.254 e. The molecule has 1 unspecified atom stereocenters. The second-order valence-corrected chi connectivity index (χ2v) is 5.73. The maximum Gasteiger partial charge on any atom is 0.254 e. The predicted octanol–water partition coefficient (Wildman–Crippen LogP) is 2.72. The van der Waals surface area contributed by atoms with Crippen molar-refractivity contribution in [2.24, 2.45) is 5.90 Å². The lowest BCUT2D eigenvalue weighted by Crippen LogP contribution is -2.44. The topological polar surface area (TPSA) is 55.6 Å². The monoisotopic (exact) mass is 326 g/mol. The van der Waals surface area contributed by atoms with Crippen LogP contribution < -0.4 is 5.90 Å². The molecule has 1 aromatic rings. The number of nitrogens with two attached hydrogens (primary N) is 1. The van der Waals surface area contributed by atoms with Crippen molar-refractivity contribution in [3.63, 3.8) is 0 Å². The molecule has 1 aliphatic heterocycles. The van der Waals surface area contributed by atoms with Crippen molar-refractivity contribution in [3.8, 4) is 0 Å². The Morgan fingerprint density at radius 1 is 1.37 bits per heavy atom. The van der Waals surface area contributed by atoms with Gasteiger partial charge < -0.3 is 9.74 Å². The summed E-state index contributed by atoms with van der Waals surface area (Å²) < 4.78 is 0.982. The molecule has 0 aliphatic carbocycles. The van der Waals surface area contributed by atoms with Crippen LogP contribution in [0.5, 0.6) is 0 Å². The molecule has 1 amide bonds. The molecule has 1 heterocycles. The minimum absolute atomic E-state index is 0.106. The fourth-order valence-electron chi connectivity index (χ4n) is 2.53. The van der Waals surface area contributed by atoms with Crippen molar-refractivity contribution in [2.45, 2.75) is 31.7 Å². The summed E-state index contributed by atoms with van der Waals surface area (Å²) in [4.78, 5) is 19.1. The first-order valence-corrected chi connectivity index (χ1v) is 7.40. The molecule has 1 fully saturated rings. The highest BCUT2D eigenvalue weighted by Gasteiger charge is 2.27. The van der Waals surface area contributed by atoms with Crippen LogP contribution >= 0.6 is 15.9 Å². The van der Waals surface area contributed by atoms with Gasteiger partial charge in [0.2, 0.25) is 0 Å². The molecule has 2 rings (SSSR count). The largest absolute Gasteiger partial charge is 0.336 e. The molecule has 0 radical (unpaired) electrons. The van der Waals surface area contributed by atoms with E-state index >= 15 is 0 Å². The van der Waals surface area contributed by atoms with Crippen LogP contribution in [0.4, 0.5) is 0 Å². The van der Waals surface area contributed by atoms with Gasteiger partial charge in [-0.3, -0.25) is 4.79 Å². The number of nitrogens with zero attached hydrogens (tertiary/aromatic N) is 1. The molecule has 0 bridgehead atoms. The average molecular weight is 327 g/mol. The van der Waals surface area contributed by atoms with E-state index < -0.39 is 0 Å². The maximum atomic E-state index is 12.5. The van der Waals surface area contributed by atoms with Crippen molar-refractivity contribution in [2.75, 3.05) is 13.2 Å². The van der Waals surface area contributed by atoms with E-state index in [2.05, 4.69) is 20.8 Å². The van der Waals surface area contributed by atoms with Gasteiger partial charge in [0.05, 0.1) is 6.61 Å². The van der Waals surface area contributed by atoms with E-state index in [1.54, 1.807) is 0 Å². The fourth-order valence-corrected chi connectivity index (χ4v) is 2.79. The summed E-state index contributed by atoms with van der Waals surface area (Å²) in [6.07, 6.45) is 4.08. The summed E-state index contributed by atoms with van der Waals surface area (Å²) in [6, 6.07) is 7.76. The molecule has 4 nitrogen and oxygen atoms in total. The summed E-state index contributed by atoms with van der Waals surface area (Å²) in [5.41, 5.74) is 0.740. The first-order valence-electron chi connectivity index (χ1n) is 6.60. The Labute approximate surface area is 122 Å². The van der Waals surface area contributed by atoms with Crippen molar-refractivity contribution in [1.82, 2.24) is 4.90 Å². The van der Waals surface area contributed by atoms with Gasteiger partial charge in [0, 0.05) is 22.6 Å². The zero-order valence-corrected chi connectivity index (χ0v) is 12.4. The molecular formula is C14H19BrN2O2. The molecule has 104 valence electrons. The number of hydrogen-bond acceptors (Lipinski definition) is 3. The highest BCUT2D eigenvalue weighted by Crippen LogP contribution is 2.22. The second kappa shape index (κ2) is 7.03. The third kappa shape index (κ3) is 3.78. The van der Waals surface area contributed by atoms with E-state index in [1.165, 1.54) is 6.42 Å². The molecule has 19 heavy (non-hydrogen) atoms. The van der Waals surface area contributed by atoms with Crippen LogP contribution in [0, 0.1) is 0 Å². The van der Waals surface area contributed by atoms with Crippen LogP contribution in [0.15, 0.2) is 28.7 Å². The Kier molecular flexibility index (Phi) is 5.36. The van der Waals surface area contributed by atoms with Gasteiger partial charge in [-0.15, -0.1) is 0 Å². The number of rotatable bonds is 4. The first kappa shape index (κ1) is 14.5. The maximum absolute atomic E-state index is 12.5. The Morgan fingerprint density at radius 3 is 2.79 bits per heavy atom. The third-order valence-electron chi connectivity index (χ3n) is 3.55. The normalized spacial score (nSPS) is 19.5. The Morgan fingerprint density at radius 2 is 2.11 bits per heavy atom. The Balaban J connectivity index is 2.08. The van der Waals surface area contributed by atoms with Crippen LogP contribution in [0.25, 0.3) is 0 Å². The Bertz CT molecular complexity index is 422. The molecule has 0 spiro atoms. The van der Waals surface area contributed by atoms with Crippen molar-refractivity contribution >= 4 is 21.8 Å². The highest BCUT2D eigenvalue weighted by atomic mass is 79.9. The molecule has 1 saturated heterocycles. The molecule has 1 atom stereocenters. The number of likely N-dealkylation sites (tertiary alicyclic amines) is 1. The standard InChI is InChI=1S/C14H19BrN2O2/c15-12-6-4-11(5-7-12)14(18)17-9-2-1-3-13(17)8-10-19-16/h4-7,13H,1-3,8-10,16H2. The molecule has 0 saturated carbocycles. The van der Waals surface area contributed by atoms with Gasteiger partial charge in [-0.2, -0.15) is 0 Å². The fraction of sp³-hybridized carbons (Fsp3) is 0.500. The van der Waals surface area contributed by atoms with Crippen LogP contribution in [-0.4, -0.2) is 30.0 Å². The number of amides is 1. The summed E-state index contributed by atoms with van der Waals surface area (Å²) >= 11 is 3.38. The summed E-state index contributed by atoms with van der Waals surface area (Å²) in [6.45, 7) is 1.32. The molecule has 2 N–H and O–H groups in total. The van der Waals surface area contributed by atoms with Gasteiger partial charge >= 0.3 is 0 Å². The predicted molar refractivity (Wildman–Crippen MR) is 77.6 cm³/mol. The minimum Gasteiger partial charge on any atom is -0.336 e. The van der Waals surface area contributed by atoms with Crippen LogP contribution in [0.2, 0.25) is 0 Å². The van der Waals surface area contributed by atoms with Gasteiger partial charge in [0.25, 0.3) is 5.91 Å². The second-order valence-electron chi connectivity index (χ2n) is 4.81. The van der Waals surface area contributed by atoms with Crippen LogP contribution in [0.1, 0.15) is 36.0 Å². The van der Waals surface area contributed by atoms with E-state index in [0.717, 1.165) is 35.8 Å². The number of piperidine rings is 1. The molecular weight excluding hydrogens is 308 g/mol. The van der Waals surface area contributed by atoms with Crippen LogP contribution in [0.3, 0.4) is 0 Å². The highest BCUT2D eigenvalue weighted by molar-refractivity contribution is 9.10. The summed E-state index contributed by atoms with van der Waals surface area (Å²) in [5, 5.41) is 0. The van der Waals surface area contributed by atoms with Gasteiger partial charge in [-0.1, -0.05) is 15.9 Å². The molecule has 0 aromatic heterocycles. The zero-order chi connectivity index (χ0) is 13.7. The van der Waals surface area contributed by atoms with E-state index in [9.17, 15) is 4.79 Å². The molecule has 5 heteroatoms. The average Bonchev–Trinajstić information content (AvgIpc) is 2.45. The first-order chi connectivity index (χ1) is 9.22.